The zero-order chi connectivity index (χ0) is 8.27. The van der Waals surface area contributed by atoms with Crippen LogP contribution in [-0.2, 0) is 0 Å². The molecular formula is C7H9ClN2O. The SMILES string of the molecule is CNCC(=O)c1c[nH]c(Cl)c1. The highest BCUT2D eigenvalue weighted by molar-refractivity contribution is 6.30. The summed E-state index contributed by atoms with van der Waals surface area (Å²) in [6.45, 7) is 0.341. The maximum atomic E-state index is 11.1. The number of halogens is 1. The van der Waals surface area contributed by atoms with E-state index in [0.717, 1.165) is 0 Å². The van der Waals surface area contributed by atoms with Crippen LogP contribution in [0.3, 0.4) is 0 Å². The van der Waals surface area contributed by atoms with Gasteiger partial charge in [-0.25, -0.2) is 0 Å². The summed E-state index contributed by atoms with van der Waals surface area (Å²) in [7, 11) is 1.73. The van der Waals surface area contributed by atoms with Gasteiger partial charge in [-0.05, 0) is 13.1 Å². The average Bonchev–Trinajstić information content (AvgIpc) is 2.36. The van der Waals surface area contributed by atoms with E-state index in [1.54, 1.807) is 19.3 Å². The van der Waals surface area contributed by atoms with Gasteiger partial charge in [0.1, 0.15) is 5.15 Å². The molecule has 0 bridgehead atoms. The number of carbonyl (C=O) groups is 1. The monoisotopic (exact) mass is 172 g/mol. The van der Waals surface area contributed by atoms with Gasteiger partial charge < -0.3 is 10.3 Å². The van der Waals surface area contributed by atoms with Gasteiger partial charge in [0, 0.05) is 11.8 Å². The lowest BCUT2D eigenvalue weighted by molar-refractivity contribution is 0.0994. The van der Waals surface area contributed by atoms with Gasteiger partial charge in [0.25, 0.3) is 0 Å². The number of likely N-dealkylation sites (N-methyl/N-ethyl adjacent to an activating group) is 1. The molecule has 1 heterocycles. The fourth-order valence-electron chi connectivity index (χ4n) is 0.790. The number of carbonyl (C=O) groups excluding carboxylic acids is 1. The molecule has 0 unspecified atom stereocenters. The number of hydrogen-bond acceptors (Lipinski definition) is 2. The molecule has 0 fully saturated rings. The first kappa shape index (κ1) is 8.30. The molecule has 4 heteroatoms. The maximum absolute atomic E-state index is 11.1. The Bertz CT molecular complexity index is 257. The molecule has 60 valence electrons. The Balaban J connectivity index is 2.69. The summed E-state index contributed by atoms with van der Waals surface area (Å²) in [4.78, 5) is 13.8. The average molecular weight is 173 g/mol. The van der Waals surface area contributed by atoms with Gasteiger partial charge in [-0.2, -0.15) is 0 Å². The Hall–Kier alpha value is -0.800. The molecule has 1 rings (SSSR count). The molecule has 11 heavy (non-hydrogen) atoms. The van der Waals surface area contributed by atoms with E-state index in [2.05, 4.69) is 10.3 Å². The summed E-state index contributed by atoms with van der Waals surface area (Å²) in [6.07, 6.45) is 1.60. The van der Waals surface area contributed by atoms with Crippen molar-refractivity contribution in [2.75, 3.05) is 13.6 Å². The Morgan fingerprint density at radius 2 is 2.55 bits per heavy atom. The molecule has 0 aliphatic heterocycles. The van der Waals surface area contributed by atoms with Crippen molar-refractivity contribution in [3.63, 3.8) is 0 Å². The van der Waals surface area contributed by atoms with Crippen molar-refractivity contribution in [3.8, 4) is 0 Å². The molecule has 0 amide bonds. The van der Waals surface area contributed by atoms with E-state index in [-0.39, 0.29) is 5.78 Å². The molecule has 0 spiro atoms. The van der Waals surface area contributed by atoms with Crippen molar-refractivity contribution in [2.24, 2.45) is 0 Å². The van der Waals surface area contributed by atoms with E-state index < -0.39 is 0 Å². The van der Waals surface area contributed by atoms with Crippen LogP contribution in [0.5, 0.6) is 0 Å². The van der Waals surface area contributed by atoms with Crippen LogP contribution in [0.4, 0.5) is 0 Å². The quantitative estimate of drug-likeness (QED) is 0.670. The van der Waals surface area contributed by atoms with Crippen molar-refractivity contribution in [1.82, 2.24) is 10.3 Å². The first-order valence-corrected chi connectivity index (χ1v) is 3.63. The second-order valence-corrected chi connectivity index (χ2v) is 2.60. The summed E-state index contributed by atoms with van der Waals surface area (Å²) in [5.41, 5.74) is 0.615. The molecule has 0 aliphatic carbocycles. The highest BCUT2D eigenvalue weighted by Gasteiger charge is 2.05. The number of aromatic nitrogens is 1. The standard InChI is InChI=1S/C7H9ClN2O/c1-9-4-6(11)5-2-7(8)10-3-5/h2-3,9-10H,4H2,1H3. The van der Waals surface area contributed by atoms with Crippen LogP contribution in [0.25, 0.3) is 0 Å². The van der Waals surface area contributed by atoms with Gasteiger partial charge in [-0.1, -0.05) is 11.6 Å². The summed E-state index contributed by atoms with van der Waals surface area (Å²) in [5.74, 6) is 0.0376. The number of H-pyrrole nitrogens is 1. The highest BCUT2D eigenvalue weighted by Crippen LogP contribution is 2.08. The molecule has 0 saturated carbocycles. The van der Waals surface area contributed by atoms with Gasteiger partial charge in [-0.3, -0.25) is 4.79 Å². The predicted octanol–water partition coefficient (Wildman–Crippen LogP) is 1.07. The number of nitrogens with one attached hydrogen (secondary N) is 2. The van der Waals surface area contributed by atoms with E-state index >= 15 is 0 Å². The summed E-state index contributed by atoms with van der Waals surface area (Å²) in [5, 5.41) is 3.26. The zero-order valence-corrected chi connectivity index (χ0v) is 6.90. The minimum absolute atomic E-state index is 0.0376. The smallest absolute Gasteiger partial charge is 0.178 e. The molecule has 3 nitrogen and oxygen atoms in total. The highest BCUT2D eigenvalue weighted by atomic mass is 35.5. The van der Waals surface area contributed by atoms with Crippen molar-refractivity contribution in [2.45, 2.75) is 0 Å². The molecule has 0 saturated heterocycles. The molecule has 0 radical (unpaired) electrons. The predicted molar refractivity (Wildman–Crippen MR) is 44.1 cm³/mol. The normalized spacial score (nSPS) is 10.0. The number of ketones is 1. The largest absolute Gasteiger partial charge is 0.352 e. The van der Waals surface area contributed by atoms with Crippen LogP contribution in [0.2, 0.25) is 5.15 Å². The zero-order valence-electron chi connectivity index (χ0n) is 6.15. The third kappa shape index (κ3) is 2.06. The topological polar surface area (TPSA) is 44.9 Å². The minimum Gasteiger partial charge on any atom is -0.352 e. The maximum Gasteiger partial charge on any atom is 0.178 e. The first-order valence-electron chi connectivity index (χ1n) is 3.25. The fraction of sp³-hybridized carbons (Fsp3) is 0.286. The van der Waals surface area contributed by atoms with Gasteiger partial charge in [-0.15, -0.1) is 0 Å². The molecular weight excluding hydrogens is 164 g/mol. The van der Waals surface area contributed by atoms with E-state index in [9.17, 15) is 4.79 Å². The van der Waals surface area contributed by atoms with Crippen molar-refractivity contribution in [1.29, 1.82) is 0 Å². The van der Waals surface area contributed by atoms with Gasteiger partial charge in [0.05, 0.1) is 6.54 Å². The second-order valence-electron chi connectivity index (χ2n) is 2.19. The van der Waals surface area contributed by atoms with Crippen LogP contribution in [0, 0.1) is 0 Å². The van der Waals surface area contributed by atoms with Crippen molar-refractivity contribution in [3.05, 3.63) is 23.0 Å². The van der Waals surface area contributed by atoms with E-state index in [0.29, 0.717) is 17.3 Å². The number of hydrogen-bond donors (Lipinski definition) is 2. The van der Waals surface area contributed by atoms with Crippen LogP contribution < -0.4 is 5.32 Å². The lowest BCUT2D eigenvalue weighted by Crippen LogP contribution is -2.17. The number of Topliss-reactive ketones (excluding diaryl/α,β-unsaturated/α-hetero) is 1. The first-order chi connectivity index (χ1) is 5.24. The van der Waals surface area contributed by atoms with Crippen LogP contribution >= 0.6 is 11.6 Å². The van der Waals surface area contributed by atoms with E-state index in [4.69, 9.17) is 11.6 Å². The Morgan fingerprint density at radius 3 is 3.00 bits per heavy atom. The van der Waals surface area contributed by atoms with Crippen molar-refractivity contribution >= 4 is 17.4 Å². The molecule has 2 N–H and O–H groups in total. The molecule has 0 aromatic carbocycles. The third-order valence-electron chi connectivity index (χ3n) is 1.31. The summed E-state index contributed by atoms with van der Waals surface area (Å²) >= 11 is 5.58. The third-order valence-corrected chi connectivity index (χ3v) is 1.53. The number of aromatic amines is 1. The summed E-state index contributed by atoms with van der Waals surface area (Å²) in [6, 6.07) is 1.61. The minimum atomic E-state index is 0.0376. The number of rotatable bonds is 3. The fourth-order valence-corrected chi connectivity index (χ4v) is 0.962. The summed E-state index contributed by atoms with van der Waals surface area (Å²) < 4.78 is 0. The Morgan fingerprint density at radius 1 is 1.82 bits per heavy atom. The van der Waals surface area contributed by atoms with Gasteiger partial charge in [0.15, 0.2) is 5.78 Å². The molecule has 1 aromatic rings. The lowest BCUT2D eigenvalue weighted by Gasteiger charge is -1.93. The molecule has 0 atom stereocenters. The van der Waals surface area contributed by atoms with Gasteiger partial charge >= 0.3 is 0 Å². The van der Waals surface area contributed by atoms with Crippen LogP contribution in [0.15, 0.2) is 12.3 Å². The van der Waals surface area contributed by atoms with Gasteiger partial charge in [0.2, 0.25) is 0 Å². The van der Waals surface area contributed by atoms with E-state index in [1.807, 2.05) is 0 Å². The lowest BCUT2D eigenvalue weighted by atomic mass is 10.2. The van der Waals surface area contributed by atoms with Crippen LogP contribution in [-0.4, -0.2) is 24.4 Å². The Kier molecular flexibility index (Phi) is 2.68. The van der Waals surface area contributed by atoms with E-state index in [1.165, 1.54) is 0 Å². The van der Waals surface area contributed by atoms with Crippen LogP contribution in [0.1, 0.15) is 10.4 Å². The molecule has 0 aliphatic rings. The Labute approximate surface area is 69.8 Å². The van der Waals surface area contributed by atoms with Crippen molar-refractivity contribution < 1.29 is 4.79 Å². The second kappa shape index (κ2) is 3.55. The molecule has 1 aromatic heterocycles.